The monoisotopic (exact) mass is 397 g/mol. The second-order valence-electron chi connectivity index (χ2n) is 6.61. The van der Waals surface area contributed by atoms with Gasteiger partial charge in [-0.05, 0) is 30.3 Å². The zero-order valence-electron chi connectivity index (χ0n) is 15.8. The van der Waals surface area contributed by atoms with Gasteiger partial charge in [0.05, 0.1) is 30.4 Å². The molecule has 1 aromatic heterocycles. The van der Waals surface area contributed by atoms with Gasteiger partial charge in [0, 0.05) is 26.2 Å². The average molecular weight is 398 g/mol. The first-order valence-corrected chi connectivity index (χ1v) is 10.2. The Bertz CT molecular complexity index is 936. The lowest BCUT2D eigenvalue weighted by Crippen LogP contribution is -2.49. The number of carbonyl (C=O) groups excluding carboxylic acids is 1. The molecule has 1 amide bonds. The van der Waals surface area contributed by atoms with Crippen LogP contribution in [0.1, 0.15) is 6.42 Å². The number of ether oxygens (including phenoxy) is 2. The van der Waals surface area contributed by atoms with Crippen LogP contribution in [0.25, 0.3) is 10.2 Å². The number of methoxy groups -OCH3 is 1. The summed E-state index contributed by atoms with van der Waals surface area (Å²) in [6.45, 7) is 3.42. The molecule has 1 saturated heterocycles. The maximum atomic E-state index is 12.4. The minimum Gasteiger partial charge on any atom is -0.497 e. The van der Waals surface area contributed by atoms with E-state index >= 15 is 0 Å². The average Bonchev–Trinajstić information content (AvgIpc) is 3.18. The van der Waals surface area contributed by atoms with E-state index in [9.17, 15) is 4.79 Å². The Kier molecular flexibility index (Phi) is 5.62. The Morgan fingerprint density at radius 2 is 1.86 bits per heavy atom. The third kappa shape index (κ3) is 4.20. The van der Waals surface area contributed by atoms with Crippen molar-refractivity contribution in [3.63, 3.8) is 0 Å². The molecule has 6 nitrogen and oxygen atoms in total. The van der Waals surface area contributed by atoms with E-state index < -0.39 is 0 Å². The molecule has 7 heteroatoms. The number of amides is 1. The molecular weight excluding hydrogens is 374 g/mol. The number of thiazole rings is 1. The fourth-order valence-electron chi connectivity index (χ4n) is 3.23. The first-order chi connectivity index (χ1) is 13.7. The van der Waals surface area contributed by atoms with E-state index in [0.29, 0.717) is 26.1 Å². The van der Waals surface area contributed by atoms with Gasteiger partial charge < -0.3 is 19.3 Å². The Morgan fingerprint density at radius 1 is 1.07 bits per heavy atom. The van der Waals surface area contributed by atoms with Crippen LogP contribution < -0.4 is 14.4 Å². The summed E-state index contributed by atoms with van der Waals surface area (Å²) in [6, 6.07) is 15.5. The van der Waals surface area contributed by atoms with Crippen LogP contribution in [-0.2, 0) is 4.79 Å². The van der Waals surface area contributed by atoms with Crippen LogP contribution in [0, 0.1) is 0 Å². The molecule has 0 spiro atoms. The fraction of sp³-hybridized carbons (Fsp3) is 0.333. The lowest BCUT2D eigenvalue weighted by atomic mass is 10.3. The first-order valence-electron chi connectivity index (χ1n) is 9.38. The number of rotatable bonds is 6. The molecule has 1 fully saturated rings. The summed E-state index contributed by atoms with van der Waals surface area (Å²) in [5, 5.41) is 1.00. The van der Waals surface area contributed by atoms with Crippen molar-refractivity contribution < 1.29 is 14.3 Å². The number of hydrogen-bond donors (Lipinski definition) is 0. The van der Waals surface area contributed by atoms with Gasteiger partial charge >= 0.3 is 0 Å². The summed E-state index contributed by atoms with van der Waals surface area (Å²) in [7, 11) is 1.67. The van der Waals surface area contributed by atoms with Crippen molar-refractivity contribution >= 4 is 32.6 Å². The van der Waals surface area contributed by atoms with E-state index in [1.54, 1.807) is 18.4 Å². The highest BCUT2D eigenvalue weighted by molar-refractivity contribution is 7.22. The van der Waals surface area contributed by atoms with Crippen molar-refractivity contribution in [3.8, 4) is 11.5 Å². The second-order valence-corrected chi connectivity index (χ2v) is 7.62. The topological polar surface area (TPSA) is 54.9 Å². The standard InChI is InChI=1S/C21H23N3O3S/c1-26-17-7-8-18-19(15-17)28-21(22-18)24-12-10-23(11-13-24)20(25)9-14-27-16-5-3-2-4-6-16/h2-8,15H,9-14H2,1H3. The molecule has 0 aliphatic carbocycles. The summed E-state index contributed by atoms with van der Waals surface area (Å²) in [5.74, 6) is 1.79. The molecular formula is C21H23N3O3S. The molecule has 0 radical (unpaired) electrons. The number of benzene rings is 2. The normalized spacial score (nSPS) is 14.3. The smallest absolute Gasteiger partial charge is 0.226 e. The lowest BCUT2D eigenvalue weighted by Gasteiger charge is -2.34. The molecule has 0 bridgehead atoms. The lowest BCUT2D eigenvalue weighted by molar-refractivity contribution is -0.132. The number of fused-ring (bicyclic) bond motifs is 1. The zero-order chi connectivity index (χ0) is 19.3. The van der Waals surface area contributed by atoms with Crippen molar-refractivity contribution in [2.45, 2.75) is 6.42 Å². The van der Waals surface area contributed by atoms with E-state index in [4.69, 9.17) is 14.5 Å². The number of nitrogens with zero attached hydrogens (tertiary/aromatic N) is 3. The number of carbonyl (C=O) groups is 1. The Hall–Kier alpha value is -2.80. The van der Waals surface area contributed by atoms with Gasteiger partial charge in [0.2, 0.25) is 5.91 Å². The maximum Gasteiger partial charge on any atom is 0.226 e. The molecule has 2 heterocycles. The fourth-order valence-corrected chi connectivity index (χ4v) is 4.28. The van der Waals surface area contributed by atoms with Gasteiger partial charge in [0.1, 0.15) is 11.5 Å². The van der Waals surface area contributed by atoms with Gasteiger partial charge in [-0.25, -0.2) is 4.98 Å². The van der Waals surface area contributed by atoms with Gasteiger partial charge in [0.25, 0.3) is 0 Å². The van der Waals surface area contributed by atoms with Crippen molar-refractivity contribution in [1.29, 1.82) is 0 Å². The quantitative estimate of drug-likeness (QED) is 0.638. The highest BCUT2D eigenvalue weighted by Gasteiger charge is 2.23. The van der Waals surface area contributed by atoms with Gasteiger partial charge in [-0.1, -0.05) is 29.5 Å². The molecule has 3 aromatic rings. The van der Waals surface area contributed by atoms with E-state index in [0.717, 1.165) is 39.9 Å². The highest BCUT2D eigenvalue weighted by Crippen LogP contribution is 2.31. The minimum atomic E-state index is 0.143. The van der Waals surface area contributed by atoms with E-state index in [2.05, 4.69) is 4.90 Å². The van der Waals surface area contributed by atoms with Crippen LogP contribution in [0.15, 0.2) is 48.5 Å². The third-order valence-electron chi connectivity index (χ3n) is 4.82. The van der Waals surface area contributed by atoms with Crippen molar-refractivity contribution in [2.24, 2.45) is 0 Å². The van der Waals surface area contributed by atoms with Gasteiger partial charge in [-0.3, -0.25) is 4.79 Å². The number of aromatic nitrogens is 1. The molecule has 1 aliphatic rings. The van der Waals surface area contributed by atoms with Crippen LogP contribution in [0.5, 0.6) is 11.5 Å². The first kappa shape index (κ1) is 18.6. The number of hydrogen-bond acceptors (Lipinski definition) is 6. The second kappa shape index (κ2) is 8.48. The Labute approximate surface area is 168 Å². The van der Waals surface area contributed by atoms with Gasteiger partial charge in [-0.15, -0.1) is 0 Å². The van der Waals surface area contributed by atoms with Crippen LogP contribution in [0.4, 0.5) is 5.13 Å². The molecule has 0 saturated carbocycles. The molecule has 0 unspecified atom stereocenters. The molecule has 28 heavy (non-hydrogen) atoms. The summed E-state index contributed by atoms with van der Waals surface area (Å²) >= 11 is 1.67. The summed E-state index contributed by atoms with van der Waals surface area (Å²) in [5.41, 5.74) is 0.984. The van der Waals surface area contributed by atoms with E-state index in [1.807, 2.05) is 53.4 Å². The van der Waals surface area contributed by atoms with Gasteiger partial charge in [0.15, 0.2) is 5.13 Å². The molecule has 4 rings (SSSR count). The Balaban J connectivity index is 1.28. The van der Waals surface area contributed by atoms with E-state index in [1.165, 1.54) is 0 Å². The predicted molar refractivity (Wildman–Crippen MR) is 112 cm³/mol. The molecule has 1 aliphatic heterocycles. The SMILES string of the molecule is COc1ccc2nc(N3CCN(C(=O)CCOc4ccccc4)CC3)sc2c1. The predicted octanol–water partition coefficient (Wildman–Crippen LogP) is 3.42. The Morgan fingerprint density at radius 3 is 2.61 bits per heavy atom. The van der Waals surface area contributed by atoms with Gasteiger partial charge in [-0.2, -0.15) is 0 Å². The number of para-hydroxylation sites is 1. The van der Waals surface area contributed by atoms with Crippen LogP contribution >= 0.6 is 11.3 Å². The molecule has 0 atom stereocenters. The summed E-state index contributed by atoms with van der Waals surface area (Å²) < 4.78 is 12.0. The van der Waals surface area contributed by atoms with E-state index in [-0.39, 0.29) is 5.91 Å². The summed E-state index contributed by atoms with van der Waals surface area (Å²) in [4.78, 5) is 21.3. The van der Waals surface area contributed by atoms with Crippen LogP contribution in [0.2, 0.25) is 0 Å². The van der Waals surface area contributed by atoms with Crippen LogP contribution in [-0.4, -0.2) is 55.7 Å². The van der Waals surface area contributed by atoms with Crippen molar-refractivity contribution in [2.75, 3.05) is 44.8 Å². The van der Waals surface area contributed by atoms with Crippen molar-refractivity contribution in [3.05, 3.63) is 48.5 Å². The molecule has 2 aromatic carbocycles. The van der Waals surface area contributed by atoms with Crippen molar-refractivity contribution in [1.82, 2.24) is 9.88 Å². The number of piperazine rings is 1. The van der Waals surface area contributed by atoms with Crippen LogP contribution in [0.3, 0.4) is 0 Å². The minimum absolute atomic E-state index is 0.143. The molecule has 146 valence electrons. The largest absolute Gasteiger partial charge is 0.497 e. The third-order valence-corrected chi connectivity index (χ3v) is 5.89. The zero-order valence-corrected chi connectivity index (χ0v) is 16.7. The number of anilines is 1. The summed E-state index contributed by atoms with van der Waals surface area (Å²) in [6.07, 6.45) is 0.399. The molecule has 0 N–H and O–H groups in total. The highest BCUT2D eigenvalue weighted by atomic mass is 32.1. The maximum absolute atomic E-state index is 12.4.